The second-order valence-electron chi connectivity index (χ2n) is 5.67. The van der Waals surface area contributed by atoms with Gasteiger partial charge in [-0.3, -0.25) is 4.79 Å². The fourth-order valence-corrected chi connectivity index (χ4v) is 2.67. The molecule has 3 rings (SSSR count). The predicted molar refractivity (Wildman–Crippen MR) is 100 cm³/mol. The third kappa shape index (κ3) is 4.36. The van der Waals surface area contributed by atoms with Gasteiger partial charge in [0.25, 0.3) is 5.91 Å². The van der Waals surface area contributed by atoms with E-state index in [9.17, 15) is 4.79 Å². The van der Waals surface area contributed by atoms with Crippen LogP contribution in [0.4, 0.5) is 17.1 Å². The van der Waals surface area contributed by atoms with Crippen molar-refractivity contribution in [2.45, 2.75) is 0 Å². The molecule has 25 heavy (non-hydrogen) atoms. The van der Waals surface area contributed by atoms with Gasteiger partial charge in [0.05, 0.1) is 36.5 Å². The van der Waals surface area contributed by atoms with Crippen molar-refractivity contribution in [1.29, 1.82) is 0 Å². The fraction of sp³-hybridized carbons (Fsp3) is 0.263. The number of ether oxygens (including phenoxy) is 1. The summed E-state index contributed by atoms with van der Waals surface area (Å²) in [4.78, 5) is 19.0. The van der Waals surface area contributed by atoms with Crippen LogP contribution in [0.1, 0.15) is 10.5 Å². The molecule has 0 unspecified atom stereocenters. The number of carbonyl (C=O) groups is 1. The highest BCUT2D eigenvalue weighted by molar-refractivity contribution is 6.04. The molecule has 1 amide bonds. The van der Waals surface area contributed by atoms with E-state index in [-0.39, 0.29) is 5.91 Å². The van der Waals surface area contributed by atoms with Crippen LogP contribution in [0.3, 0.4) is 0 Å². The largest absolute Gasteiger partial charge is 0.380 e. The van der Waals surface area contributed by atoms with Crippen molar-refractivity contribution < 1.29 is 9.53 Å². The fourth-order valence-electron chi connectivity index (χ4n) is 2.67. The first-order valence-corrected chi connectivity index (χ1v) is 8.32. The van der Waals surface area contributed by atoms with E-state index in [4.69, 9.17) is 4.74 Å². The number of benzene rings is 1. The molecule has 0 atom stereocenters. The number of morpholine rings is 1. The van der Waals surface area contributed by atoms with E-state index in [2.05, 4.69) is 27.1 Å². The second kappa shape index (κ2) is 8.30. The van der Waals surface area contributed by atoms with Gasteiger partial charge in [0.15, 0.2) is 0 Å². The van der Waals surface area contributed by atoms with Crippen LogP contribution in [-0.2, 0) is 4.74 Å². The molecular weight excluding hydrogens is 316 g/mol. The summed E-state index contributed by atoms with van der Waals surface area (Å²) in [6.45, 7) is 7.33. The van der Waals surface area contributed by atoms with E-state index < -0.39 is 0 Å². The van der Waals surface area contributed by atoms with Crippen LogP contribution in [0.15, 0.2) is 55.3 Å². The molecule has 2 aromatic rings. The minimum atomic E-state index is -0.226. The van der Waals surface area contributed by atoms with Crippen molar-refractivity contribution >= 4 is 23.0 Å². The minimum Gasteiger partial charge on any atom is -0.380 e. The van der Waals surface area contributed by atoms with Crippen LogP contribution in [-0.4, -0.2) is 43.7 Å². The van der Waals surface area contributed by atoms with Crippen molar-refractivity contribution in [2.24, 2.45) is 0 Å². The first-order valence-electron chi connectivity index (χ1n) is 8.32. The molecule has 6 nitrogen and oxygen atoms in total. The lowest BCUT2D eigenvalue weighted by atomic mass is 10.2. The van der Waals surface area contributed by atoms with Gasteiger partial charge in [-0.15, -0.1) is 6.58 Å². The number of nitrogens with one attached hydrogen (secondary N) is 2. The number of nitrogens with zero attached hydrogens (tertiary/aromatic N) is 2. The van der Waals surface area contributed by atoms with Gasteiger partial charge in [-0.25, -0.2) is 4.98 Å². The van der Waals surface area contributed by atoms with Crippen molar-refractivity contribution in [2.75, 3.05) is 48.4 Å². The average molecular weight is 338 g/mol. The zero-order chi connectivity index (χ0) is 17.5. The SMILES string of the molecule is C=CCNc1ccc(C(=O)Nc2ccccc2N2CCOCC2)nc1. The van der Waals surface area contributed by atoms with Gasteiger partial charge in [-0.05, 0) is 24.3 Å². The van der Waals surface area contributed by atoms with Gasteiger partial charge in [0, 0.05) is 19.6 Å². The van der Waals surface area contributed by atoms with Crippen molar-refractivity contribution in [3.8, 4) is 0 Å². The van der Waals surface area contributed by atoms with Crippen LogP contribution in [0.25, 0.3) is 0 Å². The summed E-state index contributed by atoms with van der Waals surface area (Å²) in [6, 6.07) is 11.3. The van der Waals surface area contributed by atoms with Gasteiger partial charge >= 0.3 is 0 Å². The highest BCUT2D eigenvalue weighted by Gasteiger charge is 2.16. The maximum atomic E-state index is 12.5. The summed E-state index contributed by atoms with van der Waals surface area (Å²) < 4.78 is 5.40. The Hall–Kier alpha value is -2.86. The van der Waals surface area contributed by atoms with Gasteiger partial charge in [-0.1, -0.05) is 18.2 Å². The molecular formula is C19H22N4O2. The van der Waals surface area contributed by atoms with E-state index in [1.165, 1.54) is 0 Å². The van der Waals surface area contributed by atoms with Crippen LogP contribution in [0, 0.1) is 0 Å². The minimum absolute atomic E-state index is 0.226. The summed E-state index contributed by atoms with van der Waals surface area (Å²) in [7, 11) is 0. The molecule has 1 aliphatic heterocycles. The number of amides is 1. The first-order chi connectivity index (χ1) is 12.3. The van der Waals surface area contributed by atoms with Crippen LogP contribution >= 0.6 is 0 Å². The predicted octanol–water partition coefficient (Wildman–Crippen LogP) is 2.77. The van der Waals surface area contributed by atoms with Crippen LogP contribution in [0.2, 0.25) is 0 Å². The number of hydrogen-bond donors (Lipinski definition) is 2. The molecule has 1 aliphatic rings. The van der Waals surface area contributed by atoms with E-state index in [1.54, 1.807) is 18.3 Å². The monoisotopic (exact) mass is 338 g/mol. The highest BCUT2D eigenvalue weighted by atomic mass is 16.5. The Bertz CT molecular complexity index is 724. The number of hydrogen-bond acceptors (Lipinski definition) is 5. The van der Waals surface area contributed by atoms with Crippen LogP contribution in [0.5, 0.6) is 0 Å². The van der Waals surface area contributed by atoms with Gasteiger partial charge < -0.3 is 20.3 Å². The molecule has 0 radical (unpaired) electrons. The molecule has 0 saturated carbocycles. The lowest BCUT2D eigenvalue weighted by Gasteiger charge is -2.30. The number of aromatic nitrogens is 1. The zero-order valence-corrected chi connectivity index (χ0v) is 14.1. The molecule has 1 fully saturated rings. The van der Waals surface area contributed by atoms with Crippen molar-refractivity contribution in [3.63, 3.8) is 0 Å². The molecule has 2 N–H and O–H groups in total. The quantitative estimate of drug-likeness (QED) is 0.793. The van der Waals surface area contributed by atoms with E-state index in [0.29, 0.717) is 25.5 Å². The third-order valence-corrected chi connectivity index (χ3v) is 3.95. The molecule has 1 saturated heterocycles. The number of anilines is 3. The van der Waals surface area contributed by atoms with Gasteiger partial charge in [0.1, 0.15) is 5.69 Å². The molecule has 1 aromatic heterocycles. The molecule has 0 bridgehead atoms. The Kier molecular flexibility index (Phi) is 5.64. The van der Waals surface area contributed by atoms with Gasteiger partial charge in [0.2, 0.25) is 0 Å². The van der Waals surface area contributed by atoms with E-state index in [0.717, 1.165) is 30.2 Å². The second-order valence-corrected chi connectivity index (χ2v) is 5.67. The maximum absolute atomic E-state index is 12.5. The number of pyridine rings is 1. The normalized spacial score (nSPS) is 14.0. The Morgan fingerprint density at radius 2 is 2.04 bits per heavy atom. The van der Waals surface area contributed by atoms with Crippen molar-refractivity contribution in [1.82, 2.24) is 4.98 Å². The zero-order valence-electron chi connectivity index (χ0n) is 14.1. The molecule has 6 heteroatoms. The number of rotatable bonds is 6. The summed E-state index contributed by atoms with van der Waals surface area (Å²) in [5.74, 6) is -0.226. The van der Waals surface area contributed by atoms with E-state index >= 15 is 0 Å². The number of para-hydroxylation sites is 2. The number of carbonyl (C=O) groups excluding carboxylic acids is 1. The molecule has 1 aromatic carbocycles. The Balaban J connectivity index is 1.71. The van der Waals surface area contributed by atoms with Crippen LogP contribution < -0.4 is 15.5 Å². The summed E-state index contributed by atoms with van der Waals surface area (Å²) in [5, 5.41) is 6.10. The first kappa shape index (κ1) is 17.0. The van der Waals surface area contributed by atoms with Gasteiger partial charge in [-0.2, -0.15) is 0 Å². The topological polar surface area (TPSA) is 66.5 Å². The lowest BCUT2D eigenvalue weighted by Crippen LogP contribution is -2.36. The Morgan fingerprint density at radius 3 is 2.76 bits per heavy atom. The maximum Gasteiger partial charge on any atom is 0.274 e. The summed E-state index contributed by atoms with van der Waals surface area (Å²) >= 11 is 0. The molecule has 0 aliphatic carbocycles. The summed E-state index contributed by atoms with van der Waals surface area (Å²) in [6.07, 6.45) is 3.41. The lowest BCUT2D eigenvalue weighted by molar-refractivity contribution is 0.102. The highest BCUT2D eigenvalue weighted by Crippen LogP contribution is 2.26. The summed E-state index contributed by atoms with van der Waals surface area (Å²) in [5.41, 5.74) is 3.01. The standard InChI is InChI=1S/C19H22N4O2/c1-2-9-20-15-7-8-17(21-14-15)19(24)22-16-5-3-4-6-18(16)23-10-12-25-13-11-23/h2-8,14,20H,1,9-13H2,(H,22,24). The van der Waals surface area contributed by atoms with Crippen molar-refractivity contribution in [3.05, 3.63) is 60.9 Å². The molecule has 130 valence electrons. The molecule has 2 heterocycles. The average Bonchev–Trinajstić information content (AvgIpc) is 2.68. The smallest absolute Gasteiger partial charge is 0.274 e. The Labute approximate surface area is 147 Å². The Morgan fingerprint density at radius 1 is 1.24 bits per heavy atom. The van der Waals surface area contributed by atoms with E-state index in [1.807, 2.05) is 30.3 Å². The third-order valence-electron chi connectivity index (χ3n) is 3.95. The molecule has 0 spiro atoms.